The zero-order chi connectivity index (χ0) is 13.6. The van der Waals surface area contributed by atoms with E-state index in [2.05, 4.69) is 32.6 Å². The molecule has 0 saturated carbocycles. The third-order valence-electron chi connectivity index (χ3n) is 4.71. The molecule has 0 aromatic carbocycles. The molecule has 0 aliphatic carbocycles. The van der Waals surface area contributed by atoms with Crippen LogP contribution in [-0.4, -0.2) is 47.4 Å². The van der Waals surface area contributed by atoms with Gasteiger partial charge in [-0.2, -0.15) is 0 Å². The Balaban J connectivity index is 2.51. The second-order valence-electron chi connectivity index (χ2n) is 5.61. The smallest absolute Gasteiger partial charge is 0.0722 e. The summed E-state index contributed by atoms with van der Waals surface area (Å²) in [5, 5.41) is 10.6. The summed E-state index contributed by atoms with van der Waals surface area (Å²) in [5.74, 6) is 0. The summed E-state index contributed by atoms with van der Waals surface area (Å²) < 4.78 is 5.64. The predicted octanol–water partition coefficient (Wildman–Crippen LogP) is 2.82. The standard InChI is InChI=1S/C15H31NO2/c1-5-15(4,16(6-2)7-3)14(17)11-10-13-9-8-12-18-13/h13-14,17H,5-12H2,1-4H3. The highest BCUT2D eigenvalue weighted by Gasteiger charge is 2.36. The van der Waals surface area contributed by atoms with Gasteiger partial charge in [-0.3, -0.25) is 4.90 Å². The molecule has 1 aliphatic rings. The van der Waals surface area contributed by atoms with Crippen molar-refractivity contribution >= 4 is 0 Å². The summed E-state index contributed by atoms with van der Waals surface area (Å²) in [6, 6.07) is 0. The molecule has 3 heteroatoms. The Bertz CT molecular complexity index is 225. The van der Waals surface area contributed by atoms with Gasteiger partial charge in [-0.1, -0.05) is 20.8 Å². The first-order chi connectivity index (χ1) is 8.58. The van der Waals surface area contributed by atoms with E-state index < -0.39 is 0 Å². The van der Waals surface area contributed by atoms with E-state index in [1.54, 1.807) is 0 Å². The van der Waals surface area contributed by atoms with Gasteiger partial charge < -0.3 is 9.84 Å². The van der Waals surface area contributed by atoms with Crippen LogP contribution in [0.15, 0.2) is 0 Å². The van der Waals surface area contributed by atoms with Crippen molar-refractivity contribution in [2.45, 2.75) is 77.5 Å². The Morgan fingerprint density at radius 2 is 2.00 bits per heavy atom. The fraction of sp³-hybridized carbons (Fsp3) is 1.00. The molecule has 1 heterocycles. The molecule has 0 spiro atoms. The number of hydrogen-bond donors (Lipinski definition) is 1. The predicted molar refractivity (Wildman–Crippen MR) is 75.8 cm³/mol. The Kier molecular flexibility index (Phi) is 6.61. The minimum absolute atomic E-state index is 0.0951. The molecule has 1 fully saturated rings. The first kappa shape index (κ1) is 15.9. The Labute approximate surface area is 113 Å². The minimum atomic E-state index is -0.258. The van der Waals surface area contributed by atoms with Crippen molar-refractivity contribution in [1.29, 1.82) is 0 Å². The van der Waals surface area contributed by atoms with Gasteiger partial charge >= 0.3 is 0 Å². The van der Waals surface area contributed by atoms with Crippen molar-refractivity contribution in [1.82, 2.24) is 4.90 Å². The van der Waals surface area contributed by atoms with Gasteiger partial charge in [0.25, 0.3) is 0 Å². The molecule has 1 rings (SSSR count). The molecule has 3 unspecified atom stereocenters. The van der Waals surface area contributed by atoms with E-state index in [4.69, 9.17) is 4.74 Å². The van der Waals surface area contributed by atoms with Crippen molar-refractivity contribution in [3.05, 3.63) is 0 Å². The lowest BCUT2D eigenvalue weighted by atomic mass is 9.86. The van der Waals surface area contributed by atoms with Crippen molar-refractivity contribution in [3.63, 3.8) is 0 Å². The lowest BCUT2D eigenvalue weighted by Crippen LogP contribution is -2.54. The van der Waals surface area contributed by atoms with Gasteiger partial charge in [-0.15, -0.1) is 0 Å². The molecule has 1 saturated heterocycles. The van der Waals surface area contributed by atoms with Crippen LogP contribution in [0.25, 0.3) is 0 Å². The van der Waals surface area contributed by atoms with Crippen LogP contribution >= 0.6 is 0 Å². The quantitative estimate of drug-likeness (QED) is 0.726. The van der Waals surface area contributed by atoms with Gasteiger partial charge in [-0.05, 0) is 52.1 Å². The monoisotopic (exact) mass is 257 g/mol. The maximum absolute atomic E-state index is 10.6. The fourth-order valence-corrected chi connectivity index (χ4v) is 3.14. The average Bonchev–Trinajstić information content (AvgIpc) is 2.90. The van der Waals surface area contributed by atoms with E-state index in [9.17, 15) is 5.11 Å². The molecule has 3 atom stereocenters. The van der Waals surface area contributed by atoms with Crippen LogP contribution in [0.3, 0.4) is 0 Å². The van der Waals surface area contributed by atoms with E-state index in [0.717, 1.165) is 39.0 Å². The highest BCUT2D eigenvalue weighted by Crippen LogP contribution is 2.28. The topological polar surface area (TPSA) is 32.7 Å². The van der Waals surface area contributed by atoms with Crippen LogP contribution in [0.4, 0.5) is 0 Å². The number of ether oxygens (including phenoxy) is 1. The summed E-state index contributed by atoms with van der Waals surface area (Å²) in [6.07, 6.45) is 5.32. The van der Waals surface area contributed by atoms with Crippen molar-refractivity contribution in [3.8, 4) is 0 Å². The first-order valence-electron chi connectivity index (χ1n) is 7.63. The number of hydrogen-bond acceptors (Lipinski definition) is 3. The highest BCUT2D eigenvalue weighted by molar-refractivity contribution is 4.91. The molecule has 0 bridgehead atoms. The van der Waals surface area contributed by atoms with Crippen LogP contribution < -0.4 is 0 Å². The van der Waals surface area contributed by atoms with E-state index in [-0.39, 0.29) is 11.6 Å². The van der Waals surface area contributed by atoms with Crippen LogP contribution in [0.1, 0.15) is 59.8 Å². The van der Waals surface area contributed by atoms with E-state index >= 15 is 0 Å². The molecule has 0 aromatic rings. The summed E-state index contributed by atoms with van der Waals surface area (Å²) in [7, 11) is 0. The molecule has 0 aromatic heterocycles. The summed E-state index contributed by atoms with van der Waals surface area (Å²) >= 11 is 0. The number of aliphatic hydroxyl groups is 1. The van der Waals surface area contributed by atoms with Crippen LogP contribution in [0.2, 0.25) is 0 Å². The van der Waals surface area contributed by atoms with E-state index in [1.165, 1.54) is 12.8 Å². The average molecular weight is 257 g/mol. The van der Waals surface area contributed by atoms with Gasteiger partial charge in [0, 0.05) is 12.1 Å². The third-order valence-corrected chi connectivity index (χ3v) is 4.71. The molecule has 3 nitrogen and oxygen atoms in total. The SMILES string of the molecule is CCN(CC)C(C)(CC)C(O)CCC1CCCO1. The number of nitrogens with zero attached hydrogens (tertiary/aromatic N) is 1. The Morgan fingerprint density at radius 1 is 1.33 bits per heavy atom. The molecule has 0 radical (unpaired) electrons. The maximum atomic E-state index is 10.6. The van der Waals surface area contributed by atoms with Gasteiger partial charge in [0.05, 0.1) is 12.2 Å². The largest absolute Gasteiger partial charge is 0.391 e. The van der Waals surface area contributed by atoms with Crippen molar-refractivity contribution in [2.75, 3.05) is 19.7 Å². The van der Waals surface area contributed by atoms with Crippen LogP contribution in [0, 0.1) is 0 Å². The Hall–Kier alpha value is -0.120. The summed E-state index contributed by atoms with van der Waals surface area (Å²) in [5.41, 5.74) is -0.0951. The fourth-order valence-electron chi connectivity index (χ4n) is 3.14. The van der Waals surface area contributed by atoms with E-state index in [0.29, 0.717) is 6.10 Å². The molecule has 18 heavy (non-hydrogen) atoms. The molecule has 1 N–H and O–H groups in total. The molecular formula is C15H31NO2. The minimum Gasteiger partial charge on any atom is -0.391 e. The third kappa shape index (κ3) is 3.69. The number of rotatable bonds is 8. The second-order valence-corrected chi connectivity index (χ2v) is 5.61. The zero-order valence-corrected chi connectivity index (χ0v) is 12.6. The summed E-state index contributed by atoms with van der Waals surface area (Å²) in [4.78, 5) is 2.38. The van der Waals surface area contributed by atoms with Crippen LogP contribution in [0.5, 0.6) is 0 Å². The van der Waals surface area contributed by atoms with E-state index in [1.807, 2.05) is 0 Å². The summed E-state index contributed by atoms with van der Waals surface area (Å²) in [6.45, 7) is 11.6. The van der Waals surface area contributed by atoms with Gasteiger partial charge in [-0.25, -0.2) is 0 Å². The molecule has 1 aliphatic heterocycles. The van der Waals surface area contributed by atoms with Gasteiger partial charge in [0.15, 0.2) is 0 Å². The molecule has 0 amide bonds. The highest BCUT2D eigenvalue weighted by atomic mass is 16.5. The maximum Gasteiger partial charge on any atom is 0.0722 e. The second kappa shape index (κ2) is 7.46. The molecule has 108 valence electrons. The van der Waals surface area contributed by atoms with Crippen molar-refractivity contribution < 1.29 is 9.84 Å². The first-order valence-corrected chi connectivity index (χ1v) is 7.63. The lowest BCUT2D eigenvalue weighted by Gasteiger charge is -2.43. The number of likely N-dealkylation sites (N-methyl/N-ethyl adjacent to an activating group) is 1. The number of aliphatic hydroxyl groups excluding tert-OH is 1. The van der Waals surface area contributed by atoms with Gasteiger partial charge in [0.1, 0.15) is 0 Å². The molecular weight excluding hydrogens is 226 g/mol. The Morgan fingerprint density at radius 3 is 2.44 bits per heavy atom. The van der Waals surface area contributed by atoms with Gasteiger partial charge in [0.2, 0.25) is 0 Å². The van der Waals surface area contributed by atoms with Crippen LogP contribution in [-0.2, 0) is 4.74 Å². The zero-order valence-electron chi connectivity index (χ0n) is 12.6. The lowest BCUT2D eigenvalue weighted by molar-refractivity contribution is -0.0311. The van der Waals surface area contributed by atoms with Crippen molar-refractivity contribution in [2.24, 2.45) is 0 Å². The normalized spacial score (nSPS) is 25.3.